The van der Waals surface area contributed by atoms with Gasteiger partial charge in [-0.05, 0) is 18.6 Å². The highest BCUT2D eigenvalue weighted by Crippen LogP contribution is 2.16. The molecule has 0 spiro atoms. The van der Waals surface area contributed by atoms with Gasteiger partial charge in [0.1, 0.15) is 5.75 Å². The fourth-order valence-corrected chi connectivity index (χ4v) is 1.92. The monoisotopic (exact) mass is 263 g/mol. The molecule has 1 aromatic rings. The summed E-state index contributed by atoms with van der Waals surface area (Å²) in [4.78, 5) is 22.7. The summed E-state index contributed by atoms with van der Waals surface area (Å²) in [6, 6.07) is 6.84. The minimum Gasteiger partial charge on any atom is -0.497 e. The van der Waals surface area contributed by atoms with Crippen LogP contribution in [-0.2, 0) is 4.79 Å². The van der Waals surface area contributed by atoms with E-state index in [-0.39, 0.29) is 18.0 Å². The van der Waals surface area contributed by atoms with Gasteiger partial charge in [0.2, 0.25) is 5.91 Å². The molecule has 19 heavy (non-hydrogen) atoms. The summed E-state index contributed by atoms with van der Waals surface area (Å²) in [6.45, 7) is 0.432. The quantitative estimate of drug-likeness (QED) is 0.761. The lowest BCUT2D eigenvalue weighted by Crippen LogP contribution is -2.40. The van der Waals surface area contributed by atoms with Gasteiger partial charge in [-0.25, -0.2) is 4.79 Å². The van der Waals surface area contributed by atoms with Crippen LogP contribution in [0.5, 0.6) is 5.75 Å². The summed E-state index contributed by atoms with van der Waals surface area (Å²) in [5.41, 5.74) is 0.660. The van der Waals surface area contributed by atoms with Crippen molar-refractivity contribution in [2.45, 2.75) is 18.9 Å². The van der Waals surface area contributed by atoms with Crippen LogP contribution in [0, 0.1) is 0 Å². The summed E-state index contributed by atoms with van der Waals surface area (Å²) in [5.74, 6) is 0.723. The minimum absolute atomic E-state index is 0.0311. The topological polar surface area (TPSA) is 79.5 Å². The number of rotatable bonds is 4. The van der Waals surface area contributed by atoms with Crippen LogP contribution in [0.2, 0.25) is 0 Å². The summed E-state index contributed by atoms with van der Waals surface area (Å²) in [5, 5.41) is 8.22. The molecule has 3 amide bonds. The third-order valence-electron chi connectivity index (χ3n) is 2.92. The predicted molar refractivity (Wildman–Crippen MR) is 71.2 cm³/mol. The van der Waals surface area contributed by atoms with E-state index in [1.807, 2.05) is 0 Å². The normalized spacial score (nSPS) is 17.7. The molecule has 1 aliphatic heterocycles. The number of hydrogen-bond donors (Lipinski definition) is 3. The number of nitrogens with one attached hydrogen (secondary N) is 3. The van der Waals surface area contributed by atoms with Crippen molar-refractivity contribution in [1.82, 2.24) is 10.6 Å². The number of amides is 3. The van der Waals surface area contributed by atoms with E-state index >= 15 is 0 Å². The number of methoxy groups -OCH3 is 1. The van der Waals surface area contributed by atoms with Crippen LogP contribution in [-0.4, -0.2) is 31.6 Å². The van der Waals surface area contributed by atoms with Gasteiger partial charge in [0.05, 0.1) is 7.11 Å². The molecule has 6 nitrogen and oxygen atoms in total. The Labute approximate surface area is 111 Å². The van der Waals surface area contributed by atoms with Crippen molar-refractivity contribution in [3.63, 3.8) is 0 Å². The van der Waals surface area contributed by atoms with E-state index in [0.717, 1.165) is 6.42 Å². The van der Waals surface area contributed by atoms with Crippen molar-refractivity contribution in [3.8, 4) is 5.75 Å². The van der Waals surface area contributed by atoms with E-state index in [0.29, 0.717) is 24.4 Å². The molecule has 6 heteroatoms. The first-order chi connectivity index (χ1) is 9.17. The van der Waals surface area contributed by atoms with Gasteiger partial charge >= 0.3 is 6.03 Å². The molecule has 3 N–H and O–H groups in total. The number of carbonyl (C=O) groups is 2. The van der Waals surface area contributed by atoms with Crippen LogP contribution in [0.3, 0.4) is 0 Å². The van der Waals surface area contributed by atoms with Crippen molar-refractivity contribution >= 4 is 17.6 Å². The Morgan fingerprint density at radius 1 is 1.53 bits per heavy atom. The van der Waals surface area contributed by atoms with Crippen LogP contribution < -0.4 is 20.7 Å². The van der Waals surface area contributed by atoms with E-state index in [1.165, 1.54) is 0 Å². The first-order valence-electron chi connectivity index (χ1n) is 6.15. The number of benzene rings is 1. The average Bonchev–Trinajstić information content (AvgIpc) is 2.82. The standard InChI is InChI=1S/C13H17N3O3/c1-19-11-4-2-3-9(7-11)16-13(18)14-8-10-5-6-12(17)15-10/h2-4,7,10H,5-6,8H2,1H3,(H,15,17)(H2,14,16,18). The zero-order valence-corrected chi connectivity index (χ0v) is 10.7. The molecule has 0 bridgehead atoms. The number of ether oxygens (including phenoxy) is 1. The van der Waals surface area contributed by atoms with Gasteiger partial charge in [0, 0.05) is 30.8 Å². The maximum atomic E-state index is 11.7. The number of urea groups is 1. The molecule has 1 aromatic carbocycles. The number of hydrogen-bond acceptors (Lipinski definition) is 3. The Morgan fingerprint density at radius 2 is 2.37 bits per heavy atom. The van der Waals surface area contributed by atoms with Gasteiger partial charge < -0.3 is 20.7 Å². The Kier molecular flexibility index (Phi) is 4.22. The Bertz CT molecular complexity index is 476. The molecule has 1 heterocycles. The van der Waals surface area contributed by atoms with E-state index in [1.54, 1.807) is 31.4 Å². The van der Waals surface area contributed by atoms with Gasteiger partial charge in [0.25, 0.3) is 0 Å². The molecule has 1 saturated heterocycles. The van der Waals surface area contributed by atoms with Gasteiger partial charge in [-0.2, -0.15) is 0 Å². The van der Waals surface area contributed by atoms with Gasteiger partial charge in [-0.15, -0.1) is 0 Å². The fraction of sp³-hybridized carbons (Fsp3) is 0.385. The molecule has 0 saturated carbocycles. The molecular weight excluding hydrogens is 246 g/mol. The predicted octanol–water partition coefficient (Wildman–Crippen LogP) is 1.10. The number of carbonyl (C=O) groups excluding carboxylic acids is 2. The highest BCUT2D eigenvalue weighted by molar-refractivity contribution is 5.89. The minimum atomic E-state index is -0.297. The van der Waals surface area contributed by atoms with Crippen molar-refractivity contribution in [3.05, 3.63) is 24.3 Å². The van der Waals surface area contributed by atoms with Gasteiger partial charge in [-0.1, -0.05) is 6.07 Å². The van der Waals surface area contributed by atoms with Crippen LogP contribution in [0.4, 0.5) is 10.5 Å². The van der Waals surface area contributed by atoms with Crippen molar-refractivity contribution < 1.29 is 14.3 Å². The van der Waals surface area contributed by atoms with E-state index in [2.05, 4.69) is 16.0 Å². The lowest BCUT2D eigenvalue weighted by atomic mass is 10.2. The fourth-order valence-electron chi connectivity index (χ4n) is 1.92. The van der Waals surface area contributed by atoms with Crippen molar-refractivity contribution in [2.24, 2.45) is 0 Å². The smallest absolute Gasteiger partial charge is 0.319 e. The summed E-state index contributed by atoms with van der Waals surface area (Å²) >= 11 is 0. The Morgan fingerprint density at radius 3 is 3.05 bits per heavy atom. The van der Waals surface area contributed by atoms with Crippen LogP contribution in [0.1, 0.15) is 12.8 Å². The van der Waals surface area contributed by atoms with E-state index in [4.69, 9.17) is 4.74 Å². The lowest BCUT2D eigenvalue weighted by Gasteiger charge is -2.12. The average molecular weight is 263 g/mol. The highest BCUT2D eigenvalue weighted by atomic mass is 16.5. The van der Waals surface area contributed by atoms with Crippen molar-refractivity contribution in [1.29, 1.82) is 0 Å². The lowest BCUT2D eigenvalue weighted by molar-refractivity contribution is -0.119. The zero-order valence-electron chi connectivity index (χ0n) is 10.7. The summed E-state index contributed by atoms with van der Waals surface area (Å²) < 4.78 is 5.07. The third-order valence-corrected chi connectivity index (χ3v) is 2.92. The second-order valence-electron chi connectivity index (χ2n) is 4.37. The summed E-state index contributed by atoms with van der Waals surface area (Å²) in [6.07, 6.45) is 1.29. The number of anilines is 1. The van der Waals surface area contributed by atoms with Crippen LogP contribution in [0.25, 0.3) is 0 Å². The van der Waals surface area contributed by atoms with Crippen LogP contribution in [0.15, 0.2) is 24.3 Å². The van der Waals surface area contributed by atoms with E-state index < -0.39 is 0 Å². The molecule has 1 fully saturated rings. The molecule has 102 valence electrons. The Hall–Kier alpha value is -2.24. The third kappa shape index (κ3) is 3.87. The first-order valence-corrected chi connectivity index (χ1v) is 6.15. The van der Waals surface area contributed by atoms with Crippen molar-refractivity contribution in [2.75, 3.05) is 19.0 Å². The second-order valence-corrected chi connectivity index (χ2v) is 4.37. The molecule has 1 unspecified atom stereocenters. The second kappa shape index (κ2) is 6.08. The summed E-state index contributed by atoms with van der Waals surface area (Å²) in [7, 11) is 1.57. The SMILES string of the molecule is COc1cccc(NC(=O)NCC2CCC(=O)N2)c1. The van der Waals surface area contributed by atoms with Gasteiger partial charge in [0.15, 0.2) is 0 Å². The molecule has 1 atom stereocenters. The molecule has 1 aliphatic rings. The zero-order chi connectivity index (χ0) is 13.7. The maximum Gasteiger partial charge on any atom is 0.319 e. The van der Waals surface area contributed by atoms with Gasteiger partial charge in [-0.3, -0.25) is 4.79 Å². The highest BCUT2D eigenvalue weighted by Gasteiger charge is 2.20. The molecule has 0 aliphatic carbocycles. The molecular formula is C13H17N3O3. The van der Waals surface area contributed by atoms with Crippen LogP contribution >= 0.6 is 0 Å². The molecule has 0 radical (unpaired) electrons. The maximum absolute atomic E-state index is 11.7. The first kappa shape index (κ1) is 13.2. The molecule has 2 rings (SSSR count). The van der Waals surface area contributed by atoms with E-state index in [9.17, 15) is 9.59 Å². The Balaban J connectivity index is 1.78. The molecule has 0 aromatic heterocycles. The largest absolute Gasteiger partial charge is 0.497 e.